The van der Waals surface area contributed by atoms with Crippen molar-refractivity contribution in [1.82, 2.24) is 4.72 Å². The fourth-order valence-corrected chi connectivity index (χ4v) is 3.09. The van der Waals surface area contributed by atoms with Crippen LogP contribution < -0.4 is 10.0 Å². The summed E-state index contributed by atoms with van der Waals surface area (Å²) in [6, 6.07) is 6.25. The predicted molar refractivity (Wildman–Crippen MR) is 89.2 cm³/mol. The molecule has 124 valence electrons. The van der Waals surface area contributed by atoms with Crippen molar-refractivity contribution in [2.75, 3.05) is 11.9 Å². The lowest BCUT2D eigenvalue weighted by Crippen LogP contribution is -2.24. The van der Waals surface area contributed by atoms with Gasteiger partial charge in [0.2, 0.25) is 15.9 Å². The van der Waals surface area contributed by atoms with Gasteiger partial charge in [0.1, 0.15) is 0 Å². The highest BCUT2D eigenvalue weighted by atomic mass is 32.2. The zero-order chi connectivity index (χ0) is 16.6. The maximum absolute atomic E-state index is 12.0. The lowest BCUT2D eigenvalue weighted by molar-refractivity contribution is -0.119. The number of nitrogens with one attached hydrogen (secondary N) is 2. The van der Waals surface area contributed by atoms with Gasteiger partial charge in [-0.1, -0.05) is 33.6 Å². The summed E-state index contributed by atoms with van der Waals surface area (Å²) in [6.07, 6.45) is 3.53. The third-order valence-corrected chi connectivity index (χ3v) is 4.90. The van der Waals surface area contributed by atoms with Gasteiger partial charge in [0.25, 0.3) is 0 Å². The topological polar surface area (TPSA) is 75.3 Å². The van der Waals surface area contributed by atoms with Crippen LogP contribution in [-0.2, 0) is 14.8 Å². The molecule has 6 heteroatoms. The molecule has 0 fully saturated rings. The summed E-state index contributed by atoms with van der Waals surface area (Å²) >= 11 is 0. The van der Waals surface area contributed by atoms with E-state index in [1.807, 2.05) is 20.8 Å². The van der Waals surface area contributed by atoms with Gasteiger partial charge in [-0.25, -0.2) is 13.1 Å². The summed E-state index contributed by atoms with van der Waals surface area (Å²) in [7, 11) is -3.47. The van der Waals surface area contributed by atoms with Crippen molar-refractivity contribution in [2.45, 2.75) is 51.3 Å². The molecule has 2 N–H and O–H groups in total. The van der Waals surface area contributed by atoms with E-state index in [-0.39, 0.29) is 16.7 Å². The first-order valence-corrected chi connectivity index (χ1v) is 9.29. The van der Waals surface area contributed by atoms with Gasteiger partial charge in [-0.15, -0.1) is 0 Å². The van der Waals surface area contributed by atoms with E-state index in [1.165, 1.54) is 12.1 Å². The molecule has 1 unspecified atom stereocenters. The Morgan fingerprint density at radius 3 is 2.32 bits per heavy atom. The van der Waals surface area contributed by atoms with E-state index in [4.69, 9.17) is 0 Å². The summed E-state index contributed by atoms with van der Waals surface area (Å²) in [5, 5.41) is 2.80. The number of benzene rings is 1. The lowest BCUT2D eigenvalue weighted by Gasteiger charge is -2.12. The Hall–Kier alpha value is -1.40. The molecule has 0 saturated carbocycles. The molecule has 0 aliphatic heterocycles. The summed E-state index contributed by atoms with van der Waals surface area (Å²) in [6.45, 7) is 6.36. The molecule has 1 rings (SSSR count). The number of amides is 1. The van der Waals surface area contributed by atoms with Crippen molar-refractivity contribution in [2.24, 2.45) is 5.92 Å². The second-order valence-electron chi connectivity index (χ2n) is 5.45. The Balaban J connectivity index is 2.68. The SMILES string of the molecule is CCCCNS(=O)(=O)c1ccc(NC(=O)C(C)CCC)cc1. The molecule has 0 saturated heterocycles. The number of carbonyl (C=O) groups is 1. The molecular formula is C16H26N2O3S. The molecule has 22 heavy (non-hydrogen) atoms. The third-order valence-electron chi connectivity index (χ3n) is 3.42. The highest BCUT2D eigenvalue weighted by Gasteiger charge is 2.14. The number of rotatable bonds is 9. The van der Waals surface area contributed by atoms with Crippen LogP contribution in [0, 0.1) is 5.92 Å². The van der Waals surface area contributed by atoms with Crippen LogP contribution in [-0.4, -0.2) is 20.9 Å². The van der Waals surface area contributed by atoms with Gasteiger partial charge in [0, 0.05) is 18.2 Å². The van der Waals surface area contributed by atoms with E-state index in [0.29, 0.717) is 12.2 Å². The van der Waals surface area contributed by atoms with Gasteiger partial charge in [0.15, 0.2) is 0 Å². The molecule has 0 radical (unpaired) electrons. The molecule has 0 heterocycles. The summed E-state index contributed by atoms with van der Waals surface area (Å²) in [5.41, 5.74) is 0.612. The standard InChI is InChI=1S/C16H26N2O3S/c1-4-6-12-17-22(20,21)15-10-8-14(9-11-15)18-16(19)13(3)7-5-2/h8-11,13,17H,4-7,12H2,1-3H3,(H,18,19). The van der Waals surface area contributed by atoms with Gasteiger partial charge in [-0.2, -0.15) is 0 Å². The van der Waals surface area contributed by atoms with Gasteiger partial charge in [0.05, 0.1) is 4.90 Å². The minimum absolute atomic E-state index is 0.0430. The first-order valence-electron chi connectivity index (χ1n) is 7.81. The minimum Gasteiger partial charge on any atom is -0.326 e. The van der Waals surface area contributed by atoms with Crippen LogP contribution in [0.15, 0.2) is 29.2 Å². The van der Waals surface area contributed by atoms with Crippen molar-refractivity contribution in [3.63, 3.8) is 0 Å². The number of carbonyl (C=O) groups excluding carboxylic acids is 1. The fourth-order valence-electron chi connectivity index (χ4n) is 2.01. The smallest absolute Gasteiger partial charge is 0.240 e. The van der Waals surface area contributed by atoms with Crippen LogP contribution in [0.5, 0.6) is 0 Å². The Morgan fingerprint density at radius 2 is 1.77 bits per heavy atom. The molecule has 1 aromatic carbocycles. The van der Waals surface area contributed by atoms with Crippen molar-refractivity contribution in [1.29, 1.82) is 0 Å². The number of sulfonamides is 1. The highest BCUT2D eigenvalue weighted by molar-refractivity contribution is 7.89. The van der Waals surface area contributed by atoms with Gasteiger partial charge >= 0.3 is 0 Å². The second-order valence-corrected chi connectivity index (χ2v) is 7.22. The highest BCUT2D eigenvalue weighted by Crippen LogP contribution is 2.16. The molecule has 0 aliphatic rings. The lowest BCUT2D eigenvalue weighted by atomic mass is 10.1. The second kappa shape index (κ2) is 8.90. The quantitative estimate of drug-likeness (QED) is 0.685. The van der Waals surface area contributed by atoms with Crippen molar-refractivity contribution >= 4 is 21.6 Å². The van der Waals surface area contributed by atoms with Crippen molar-refractivity contribution in [3.8, 4) is 0 Å². The summed E-state index contributed by atoms with van der Waals surface area (Å²) in [5.74, 6) is -0.0948. The normalized spacial score (nSPS) is 12.9. The van der Waals surface area contributed by atoms with E-state index < -0.39 is 10.0 Å². The molecule has 5 nitrogen and oxygen atoms in total. The third kappa shape index (κ3) is 5.77. The van der Waals surface area contributed by atoms with E-state index in [0.717, 1.165) is 25.7 Å². The Bertz CT molecular complexity index is 568. The molecule has 1 aromatic rings. The Labute approximate surface area is 133 Å². The molecule has 0 bridgehead atoms. The predicted octanol–water partition coefficient (Wildman–Crippen LogP) is 3.14. The molecule has 0 aromatic heterocycles. The molecule has 1 atom stereocenters. The van der Waals surface area contributed by atoms with Crippen molar-refractivity contribution < 1.29 is 13.2 Å². The van der Waals surface area contributed by atoms with Crippen LogP contribution in [0.2, 0.25) is 0 Å². The van der Waals surface area contributed by atoms with Crippen LogP contribution in [0.3, 0.4) is 0 Å². The van der Waals surface area contributed by atoms with Crippen LogP contribution >= 0.6 is 0 Å². The van der Waals surface area contributed by atoms with Gasteiger partial charge in [-0.3, -0.25) is 4.79 Å². The number of unbranched alkanes of at least 4 members (excludes halogenated alkanes) is 1. The zero-order valence-corrected chi connectivity index (χ0v) is 14.4. The maximum Gasteiger partial charge on any atom is 0.240 e. The molecular weight excluding hydrogens is 300 g/mol. The van der Waals surface area contributed by atoms with Gasteiger partial charge in [-0.05, 0) is 37.1 Å². The van der Waals surface area contributed by atoms with E-state index in [9.17, 15) is 13.2 Å². The monoisotopic (exact) mass is 326 g/mol. The van der Waals surface area contributed by atoms with E-state index in [2.05, 4.69) is 10.0 Å². The number of hydrogen-bond acceptors (Lipinski definition) is 3. The summed E-state index contributed by atoms with van der Waals surface area (Å²) in [4.78, 5) is 12.1. The Morgan fingerprint density at radius 1 is 1.14 bits per heavy atom. The van der Waals surface area contributed by atoms with Gasteiger partial charge < -0.3 is 5.32 Å². The average Bonchev–Trinajstić information content (AvgIpc) is 2.48. The van der Waals surface area contributed by atoms with Crippen LogP contribution in [0.4, 0.5) is 5.69 Å². The van der Waals surface area contributed by atoms with E-state index >= 15 is 0 Å². The van der Waals surface area contributed by atoms with Crippen molar-refractivity contribution in [3.05, 3.63) is 24.3 Å². The summed E-state index contributed by atoms with van der Waals surface area (Å²) < 4.78 is 26.6. The number of anilines is 1. The van der Waals surface area contributed by atoms with E-state index in [1.54, 1.807) is 12.1 Å². The number of hydrogen-bond donors (Lipinski definition) is 2. The maximum atomic E-state index is 12.0. The van der Waals surface area contributed by atoms with Crippen LogP contribution in [0.25, 0.3) is 0 Å². The van der Waals surface area contributed by atoms with Crippen LogP contribution in [0.1, 0.15) is 46.5 Å². The molecule has 0 spiro atoms. The fraction of sp³-hybridized carbons (Fsp3) is 0.562. The minimum atomic E-state index is -3.47. The first-order chi connectivity index (χ1) is 10.4. The average molecular weight is 326 g/mol. The molecule has 0 aliphatic carbocycles. The largest absolute Gasteiger partial charge is 0.326 e. The zero-order valence-electron chi connectivity index (χ0n) is 13.6. The molecule has 1 amide bonds. The Kier molecular flexibility index (Phi) is 7.55. The first kappa shape index (κ1) is 18.6.